The van der Waals surface area contributed by atoms with Crippen LogP contribution in [0.5, 0.6) is 0 Å². The largest absolute Gasteiger partial charge is 0.338 e. The Bertz CT molecular complexity index is 736. The Hall–Kier alpha value is -2.10. The molecule has 1 aliphatic carbocycles. The summed E-state index contributed by atoms with van der Waals surface area (Å²) in [6.45, 7) is 1.70. The topological polar surface area (TPSA) is 38.1 Å². The molecule has 4 heteroatoms. The Labute approximate surface area is 137 Å². The van der Waals surface area contributed by atoms with Crippen molar-refractivity contribution in [3.63, 3.8) is 0 Å². The number of nitrogens with zero attached hydrogens (tertiary/aromatic N) is 3. The van der Waals surface area contributed by atoms with E-state index in [1.165, 1.54) is 36.8 Å². The first-order chi connectivity index (χ1) is 11.2. The van der Waals surface area contributed by atoms with Crippen LogP contribution in [0, 0.1) is 0 Å². The maximum Gasteiger partial charge on any atom is 0.257 e. The lowest BCUT2D eigenvalue weighted by Gasteiger charge is -2.46. The fourth-order valence-electron chi connectivity index (χ4n) is 4.45. The number of fused-ring (bicyclic) bond motifs is 2. The molecule has 4 nitrogen and oxygen atoms in total. The second-order valence-electron chi connectivity index (χ2n) is 7.02. The summed E-state index contributed by atoms with van der Waals surface area (Å²) in [6.07, 6.45) is 9.37. The lowest BCUT2D eigenvalue weighted by atomic mass is 9.66. The fraction of sp³-hybridized carbons (Fsp3) is 0.474. The number of hydrogen-bond acceptors (Lipinski definition) is 2. The summed E-state index contributed by atoms with van der Waals surface area (Å²) in [4.78, 5) is 14.9. The summed E-state index contributed by atoms with van der Waals surface area (Å²) in [5.74, 6) is 0.125. The number of aryl methyl sites for hydroxylation is 2. The molecule has 2 aromatic rings. The van der Waals surface area contributed by atoms with E-state index >= 15 is 0 Å². The quantitative estimate of drug-likeness (QED) is 0.812. The predicted molar refractivity (Wildman–Crippen MR) is 89.4 cm³/mol. The molecular formula is C19H23N3O. The lowest BCUT2D eigenvalue weighted by Crippen LogP contribution is -2.49. The summed E-state index contributed by atoms with van der Waals surface area (Å²) in [5, 5.41) is 4.14. The number of benzene rings is 1. The zero-order chi connectivity index (χ0) is 15.9. The highest BCUT2D eigenvalue weighted by atomic mass is 16.2. The van der Waals surface area contributed by atoms with Crippen molar-refractivity contribution in [1.29, 1.82) is 0 Å². The minimum atomic E-state index is 0.125. The molecule has 0 bridgehead atoms. The van der Waals surface area contributed by atoms with Gasteiger partial charge in [-0.1, -0.05) is 24.3 Å². The molecule has 0 saturated carbocycles. The van der Waals surface area contributed by atoms with Crippen molar-refractivity contribution < 1.29 is 4.79 Å². The van der Waals surface area contributed by atoms with Gasteiger partial charge in [-0.2, -0.15) is 5.10 Å². The standard InChI is InChI=1S/C19H23N3O/c1-21-13-16(12-20-21)18(23)22-11-5-10-19(14-22)9-4-7-15-6-2-3-8-17(15)19/h2-3,6,8,12-13H,4-5,7,9-11,14H2,1H3. The van der Waals surface area contributed by atoms with Gasteiger partial charge >= 0.3 is 0 Å². The molecule has 1 aromatic carbocycles. The van der Waals surface area contributed by atoms with E-state index in [4.69, 9.17) is 0 Å². The Morgan fingerprint density at radius 3 is 2.87 bits per heavy atom. The van der Waals surface area contributed by atoms with Gasteiger partial charge in [-0.3, -0.25) is 9.48 Å². The highest BCUT2D eigenvalue weighted by Crippen LogP contribution is 2.43. The van der Waals surface area contributed by atoms with Gasteiger partial charge in [-0.05, 0) is 43.2 Å². The monoisotopic (exact) mass is 309 g/mol. The van der Waals surface area contributed by atoms with E-state index in [0.717, 1.165) is 19.5 Å². The fourth-order valence-corrected chi connectivity index (χ4v) is 4.45. The van der Waals surface area contributed by atoms with E-state index in [0.29, 0.717) is 5.56 Å². The molecule has 1 spiro atoms. The maximum absolute atomic E-state index is 12.8. The van der Waals surface area contributed by atoms with E-state index < -0.39 is 0 Å². The first-order valence-corrected chi connectivity index (χ1v) is 8.54. The summed E-state index contributed by atoms with van der Waals surface area (Å²) in [5.41, 5.74) is 3.82. The third kappa shape index (κ3) is 2.46. The van der Waals surface area contributed by atoms with Crippen LogP contribution in [0.2, 0.25) is 0 Å². The molecular weight excluding hydrogens is 286 g/mol. The lowest BCUT2D eigenvalue weighted by molar-refractivity contribution is 0.0617. The highest BCUT2D eigenvalue weighted by molar-refractivity contribution is 5.93. The molecule has 1 unspecified atom stereocenters. The molecule has 23 heavy (non-hydrogen) atoms. The third-order valence-electron chi connectivity index (χ3n) is 5.51. The van der Waals surface area contributed by atoms with Gasteiger partial charge in [0.1, 0.15) is 0 Å². The number of rotatable bonds is 1. The molecule has 0 radical (unpaired) electrons. The van der Waals surface area contributed by atoms with E-state index in [2.05, 4.69) is 29.4 Å². The molecule has 1 aliphatic heterocycles. The molecule has 1 fully saturated rings. The van der Waals surface area contributed by atoms with Gasteiger partial charge in [0, 0.05) is 31.7 Å². The normalized spacial score (nSPS) is 23.8. The molecule has 120 valence electrons. The van der Waals surface area contributed by atoms with Crippen LogP contribution in [0.1, 0.15) is 47.2 Å². The Morgan fingerprint density at radius 2 is 2.04 bits per heavy atom. The maximum atomic E-state index is 12.8. The minimum absolute atomic E-state index is 0.125. The van der Waals surface area contributed by atoms with Crippen LogP contribution in [-0.4, -0.2) is 33.7 Å². The minimum Gasteiger partial charge on any atom is -0.338 e. The number of carbonyl (C=O) groups is 1. The number of aromatic nitrogens is 2. The zero-order valence-electron chi connectivity index (χ0n) is 13.7. The average molecular weight is 309 g/mol. The van der Waals surface area contributed by atoms with E-state index in [1.54, 1.807) is 10.9 Å². The molecule has 1 saturated heterocycles. The number of carbonyl (C=O) groups excluding carboxylic acids is 1. The van der Waals surface area contributed by atoms with E-state index in [-0.39, 0.29) is 11.3 Å². The van der Waals surface area contributed by atoms with Crippen LogP contribution in [0.4, 0.5) is 0 Å². The van der Waals surface area contributed by atoms with Gasteiger partial charge in [0.2, 0.25) is 0 Å². The molecule has 1 atom stereocenters. The van der Waals surface area contributed by atoms with Crippen molar-refractivity contribution in [3.05, 3.63) is 53.3 Å². The number of likely N-dealkylation sites (tertiary alicyclic amines) is 1. The van der Waals surface area contributed by atoms with Crippen molar-refractivity contribution in [1.82, 2.24) is 14.7 Å². The number of hydrogen-bond donors (Lipinski definition) is 0. The van der Waals surface area contributed by atoms with Gasteiger partial charge in [-0.15, -0.1) is 0 Å². The van der Waals surface area contributed by atoms with Crippen LogP contribution >= 0.6 is 0 Å². The molecule has 4 rings (SSSR count). The van der Waals surface area contributed by atoms with Gasteiger partial charge in [-0.25, -0.2) is 0 Å². The van der Waals surface area contributed by atoms with Crippen molar-refractivity contribution in [3.8, 4) is 0 Å². The van der Waals surface area contributed by atoms with Gasteiger partial charge in [0.25, 0.3) is 5.91 Å². The summed E-state index contributed by atoms with van der Waals surface area (Å²) in [7, 11) is 1.85. The highest BCUT2D eigenvalue weighted by Gasteiger charge is 2.41. The second-order valence-corrected chi connectivity index (χ2v) is 7.02. The number of piperidine rings is 1. The van der Waals surface area contributed by atoms with Crippen molar-refractivity contribution >= 4 is 5.91 Å². The molecule has 1 amide bonds. The van der Waals surface area contributed by atoms with E-state index in [1.807, 2.05) is 18.1 Å². The molecule has 1 aromatic heterocycles. The SMILES string of the molecule is Cn1cc(C(=O)N2CCCC3(CCCc4ccccc43)C2)cn1. The summed E-state index contributed by atoms with van der Waals surface area (Å²) in [6, 6.07) is 8.83. The third-order valence-corrected chi connectivity index (χ3v) is 5.51. The van der Waals surface area contributed by atoms with Crippen molar-refractivity contribution in [2.45, 2.75) is 37.5 Å². The van der Waals surface area contributed by atoms with Gasteiger partial charge < -0.3 is 4.90 Å². The first-order valence-electron chi connectivity index (χ1n) is 8.54. The predicted octanol–water partition coefficient (Wildman–Crippen LogP) is 2.93. The van der Waals surface area contributed by atoms with Crippen LogP contribution in [0.25, 0.3) is 0 Å². The molecule has 2 aliphatic rings. The first kappa shape index (κ1) is 14.5. The van der Waals surface area contributed by atoms with Crippen molar-refractivity contribution in [2.75, 3.05) is 13.1 Å². The molecule has 2 heterocycles. The smallest absolute Gasteiger partial charge is 0.257 e. The van der Waals surface area contributed by atoms with E-state index in [9.17, 15) is 4.79 Å². The Balaban J connectivity index is 1.64. The van der Waals surface area contributed by atoms with Gasteiger partial charge in [0.15, 0.2) is 0 Å². The van der Waals surface area contributed by atoms with Crippen LogP contribution in [0.3, 0.4) is 0 Å². The zero-order valence-corrected chi connectivity index (χ0v) is 13.7. The van der Waals surface area contributed by atoms with Crippen LogP contribution in [0.15, 0.2) is 36.7 Å². The Kier molecular flexibility index (Phi) is 3.47. The second kappa shape index (κ2) is 5.52. The summed E-state index contributed by atoms with van der Waals surface area (Å²) >= 11 is 0. The number of amides is 1. The van der Waals surface area contributed by atoms with Crippen LogP contribution in [-0.2, 0) is 18.9 Å². The molecule has 0 N–H and O–H groups in total. The van der Waals surface area contributed by atoms with Crippen LogP contribution < -0.4 is 0 Å². The van der Waals surface area contributed by atoms with Gasteiger partial charge in [0.05, 0.1) is 11.8 Å². The Morgan fingerprint density at radius 1 is 1.22 bits per heavy atom. The average Bonchev–Trinajstić information content (AvgIpc) is 3.01. The van der Waals surface area contributed by atoms with Crippen molar-refractivity contribution in [2.24, 2.45) is 7.05 Å². The summed E-state index contributed by atoms with van der Waals surface area (Å²) < 4.78 is 1.70.